The minimum atomic E-state index is -0.716. The first kappa shape index (κ1) is 32.2. The van der Waals surface area contributed by atoms with E-state index in [0.717, 1.165) is 0 Å². The Morgan fingerprint density at radius 2 is 1.44 bits per heavy atom. The van der Waals surface area contributed by atoms with Crippen molar-refractivity contribution >= 4 is 37.7 Å². The molecule has 0 aliphatic heterocycles. The van der Waals surface area contributed by atoms with Gasteiger partial charge in [-0.05, 0) is 27.2 Å². The molecule has 0 saturated heterocycles. The van der Waals surface area contributed by atoms with E-state index in [4.69, 9.17) is 26.0 Å². The van der Waals surface area contributed by atoms with Crippen LogP contribution in [-0.2, 0) is 60.5 Å². The molecule has 10 heteroatoms. The summed E-state index contributed by atoms with van der Waals surface area (Å²) in [5.41, 5.74) is 0.0783. The van der Waals surface area contributed by atoms with Crippen LogP contribution < -0.4 is 0 Å². The van der Waals surface area contributed by atoms with Crippen molar-refractivity contribution in [3.8, 4) is 0 Å². The summed E-state index contributed by atoms with van der Waals surface area (Å²) in [5.74, 6) is -1.68. The molecule has 0 spiro atoms. The first-order chi connectivity index (χ1) is 11.5. The van der Waals surface area contributed by atoms with Crippen LogP contribution in [0, 0.1) is 17.9 Å². The topological polar surface area (TPSA) is 103 Å². The van der Waals surface area contributed by atoms with Gasteiger partial charge in [0.15, 0.2) is 5.97 Å². The first-order valence-corrected chi connectivity index (χ1v) is 16.2. The predicted molar refractivity (Wildman–Crippen MR) is 89.5 cm³/mol. The second-order valence-electron chi connectivity index (χ2n) is 3.70. The number of hydrogen-bond donors (Lipinski definition) is 0. The Kier molecular flexibility index (Phi) is 33.2. The Balaban J connectivity index is -0.000000408. The SMILES string of the molecule is CCOC(=O)[C-]=C(CCCC(=O)OCC)C(=O)OCC.[C-]#N.[Cu+].[Zn+][I]. The molecule has 0 aromatic rings. The van der Waals surface area contributed by atoms with E-state index in [-0.39, 0.29) is 54.7 Å². The summed E-state index contributed by atoms with van der Waals surface area (Å²) in [4.78, 5) is 34.1. The van der Waals surface area contributed by atoms with Gasteiger partial charge in [-0.1, -0.05) is 6.42 Å². The van der Waals surface area contributed by atoms with E-state index in [1.165, 1.54) is 14.8 Å². The number of halogens is 1. The van der Waals surface area contributed by atoms with Crippen LogP contribution in [0.15, 0.2) is 5.57 Å². The summed E-state index contributed by atoms with van der Waals surface area (Å²) >= 11 is 3.62. The molecular weight excluding hydrogens is 546 g/mol. The van der Waals surface area contributed by atoms with Gasteiger partial charge >= 0.3 is 57.6 Å². The molecule has 142 valence electrons. The molecule has 0 fully saturated rings. The molecule has 0 rings (SSSR count). The van der Waals surface area contributed by atoms with Crippen LogP contribution in [0.1, 0.15) is 40.0 Å². The van der Waals surface area contributed by atoms with Crippen LogP contribution in [0.25, 0.3) is 0 Å². The van der Waals surface area contributed by atoms with E-state index in [2.05, 4.69) is 25.8 Å². The molecule has 0 atom stereocenters. The molecule has 25 heavy (non-hydrogen) atoms. The van der Waals surface area contributed by atoms with Crippen molar-refractivity contribution in [1.29, 1.82) is 5.26 Å². The Morgan fingerprint density at radius 3 is 1.88 bits per heavy atom. The third kappa shape index (κ3) is 21.5. The van der Waals surface area contributed by atoms with E-state index in [0.29, 0.717) is 13.0 Å². The third-order valence-electron chi connectivity index (χ3n) is 2.16. The standard InChI is InChI=1S/C14H21O6.CN.Cu.HI.Zn/c1-4-18-12(15)9-7-8-11(14(17)20-6-3)10-13(16)19-5-2;1-2;;;/h4-9H2,1-3H3;;;1H;/q2*-1;+1;;+2/p-1. The Hall–Kier alpha value is -0.487. The quantitative estimate of drug-likeness (QED) is 0.105. The van der Waals surface area contributed by atoms with Gasteiger partial charge in [0.1, 0.15) is 0 Å². The molecule has 0 saturated carbocycles. The number of ether oxygens (including phenoxy) is 3. The van der Waals surface area contributed by atoms with Gasteiger partial charge in [-0.15, -0.1) is 11.6 Å². The molecule has 0 unspecified atom stereocenters. The van der Waals surface area contributed by atoms with Crippen LogP contribution in [0.2, 0.25) is 0 Å². The fourth-order valence-corrected chi connectivity index (χ4v) is 1.37. The van der Waals surface area contributed by atoms with Gasteiger partial charge in [-0.3, -0.25) is 9.59 Å². The summed E-state index contributed by atoms with van der Waals surface area (Å²) in [6, 6.07) is 0. The van der Waals surface area contributed by atoms with Crippen LogP contribution in [0.4, 0.5) is 0 Å². The maximum atomic E-state index is 11.6. The molecule has 0 N–H and O–H groups in total. The number of carbonyl (C=O) groups is 3. The number of esters is 3. The molecule has 0 aromatic carbocycles. The maximum absolute atomic E-state index is 11.6. The monoisotopic (exact) mass is 565 g/mol. The van der Waals surface area contributed by atoms with E-state index >= 15 is 0 Å². The van der Waals surface area contributed by atoms with Crippen molar-refractivity contribution < 1.29 is 60.5 Å². The van der Waals surface area contributed by atoms with E-state index in [1.807, 2.05) is 0 Å². The predicted octanol–water partition coefficient (Wildman–Crippen LogP) is 2.55. The van der Waals surface area contributed by atoms with Gasteiger partial charge in [0.2, 0.25) is 5.97 Å². The average Bonchev–Trinajstić information content (AvgIpc) is 2.58. The van der Waals surface area contributed by atoms with Gasteiger partial charge in [-0.25, -0.2) is 0 Å². The molecule has 0 aromatic heterocycles. The average molecular weight is 567 g/mol. The number of carbonyl (C=O) groups excluding carboxylic acids is 3. The Morgan fingerprint density at radius 1 is 0.960 bits per heavy atom. The molecule has 0 amide bonds. The fourth-order valence-electron chi connectivity index (χ4n) is 1.37. The zero-order valence-corrected chi connectivity index (χ0v) is 20.6. The summed E-state index contributed by atoms with van der Waals surface area (Å²) in [5, 5.41) is 6.25. The molecule has 0 bridgehead atoms. The fraction of sp³-hybridized carbons (Fsp3) is 0.600. The zero-order chi connectivity index (χ0) is 19.4. The van der Waals surface area contributed by atoms with Crippen LogP contribution in [0.3, 0.4) is 0 Å². The zero-order valence-electron chi connectivity index (χ0n) is 14.5. The van der Waals surface area contributed by atoms with Gasteiger partial charge in [0.25, 0.3) is 0 Å². The Bertz CT molecular complexity index is 418. The summed E-state index contributed by atoms with van der Waals surface area (Å²) < 4.78 is 14.3. The molecule has 0 aliphatic rings. The van der Waals surface area contributed by atoms with Crippen molar-refractivity contribution in [3.63, 3.8) is 0 Å². The van der Waals surface area contributed by atoms with E-state index < -0.39 is 11.9 Å². The molecule has 0 aliphatic carbocycles. The Labute approximate surface area is 180 Å². The first-order valence-electron chi connectivity index (χ1n) is 7.16. The van der Waals surface area contributed by atoms with Crippen LogP contribution >= 0.6 is 19.8 Å². The molecule has 0 radical (unpaired) electrons. The number of hydrogen-bond acceptors (Lipinski definition) is 7. The molecule has 0 heterocycles. The van der Waals surface area contributed by atoms with Crippen molar-refractivity contribution in [2.45, 2.75) is 40.0 Å². The van der Waals surface area contributed by atoms with Crippen molar-refractivity contribution in [2.24, 2.45) is 0 Å². The summed E-state index contributed by atoms with van der Waals surface area (Å²) in [6.45, 7) is 10.5. The van der Waals surface area contributed by atoms with Crippen molar-refractivity contribution in [2.75, 3.05) is 19.8 Å². The number of rotatable bonds is 9. The minimum absolute atomic E-state index is 0. The van der Waals surface area contributed by atoms with Gasteiger partial charge in [-0.2, -0.15) is 0 Å². The van der Waals surface area contributed by atoms with Crippen molar-refractivity contribution in [1.82, 2.24) is 0 Å². The van der Waals surface area contributed by atoms with Gasteiger partial charge < -0.3 is 30.8 Å². The summed E-state index contributed by atoms with van der Waals surface area (Å²) in [7, 11) is 0. The van der Waals surface area contributed by atoms with E-state index in [9.17, 15) is 14.4 Å². The molecular formula is C15H21CuINO6Zn. The second kappa shape index (κ2) is 25.7. The van der Waals surface area contributed by atoms with Gasteiger partial charge in [0, 0.05) is 6.42 Å². The molecule has 7 nitrogen and oxygen atoms in total. The van der Waals surface area contributed by atoms with Crippen LogP contribution in [0.5, 0.6) is 0 Å². The van der Waals surface area contributed by atoms with Crippen molar-refractivity contribution in [3.05, 3.63) is 18.2 Å². The second-order valence-corrected chi connectivity index (χ2v) is 3.70. The van der Waals surface area contributed by atoms with Gasteiger partial charge in [0.05, 0.1) is 19.8 Å². The normalized spacial score (nSPS) is 9.04. The number of nitrogens with zero attached hydrogens (tertiary/aromatic N) is 1. The van der Waals surface area contributed by atoms with E-state index in [1.54, 1.807) is 20.8 Å². The summed E-state index contributed by atoms with van der Waals surface area (Å²) in [6.07, 6.45) is 3.08. The third-order valence-corrected chi connectivity index (χ3v) is 2.16. The van der Waals surface area contributed by atoms with Crippen LogP contribution in [-0.4, -0.2) is 37.7 Å².